The lowest BCUT2D eigenvalue weighted by Gasteiger charge is -2.24. The van der Waals surface area contributed by atoms with Crippen LogP contribution >= 0.6 is 0 Å². The molecule has 3 rings (SSSR count). The molecule has 3 aromatic rings. The Morgan fingerprint density at radius 2 is 1.71 bits per heavy atom. The third-order valence-corrected chi connectivity index (χ3v) is 6.05. The predicted octanol–water partition coefficient (Wildman–Crippen LogP) is 7.50. The van der Waals surface area contributed by atoms with Crippen molar-refractivity contribution < 1.29 is 45.8 Å². The van der Waals surface area contributed by atoms with E-state index in [2.05, 4.69) is 11.6 Å². The number of nitrogens with zero attached hydrogens (tertiary/aromatic N) is 2. The van der Waals surface area contributed by atoms with Gasteiger partial charge in [0.05, 0.1) is 0 Å². The number of hydrogen-bond acceptors (Lipinski definition) is 5. The molecule has 0 unspecified atom stereocenters. The standard InChI is InChI=1S/C29H26F6N2O4/c1-4-5-16(2)27(40)20-13-19(7-8-25(20)37(3)15-21-23(31)11-18(30)12-24(21)32)41-28-22(29(33,34)35)10-17(14-36-28)6-9-26(38)39/h7-8,10-14H,2,4-6,9,15H2,1,3H3,(H,38,39). The number of benzene rings is 2. The number of carboxylic acid groups (broad SMARTS) is 1. The molecule has 2 aromatic carbocycles. The van der Waals surface area contributed by atoms with Gasteiger partial charge in [-0.25, -0.2) is 18.2 Å². The fraction of sp³-hybridized carbons (Fsp3) is 0.276. The highest BCUT2D eigenvalue weighted by molar-refractivity contribution is 6.12. The molecular weight excluding hydrogens is 554 g/mol. The third kappa shape index (κ3) is 7.86. The first kappa shape index (κ1) is 31.2. The molecule has 0 spiro atoms. The normalized spacial score (nSPS) is 11.3. The van der Waals surface area contributed by atoms with Crippen LogP contribution in [-0.2, 0) is 23.9 Å². The average Bonchev–Trinajstić information content (AvgIpc) is 2.89. The van der Waals surface area contributed by atoms with Crippen molar-refractivity contribution in [3.8, 4) is 11.6 Å². The van der Waals surface area contributed by atoms with Gasteiger partial charge in [0.1, 0.15) is 28.8 Å². The van der Waals surface area contributed by atoms with Gasteiger partial charge in [0.15, 0.2) is 5.78 Å². The fourth-order valence-corrected chi connectivity index (χ4v) is 4.02. The van der Waals surface area contributed by atoms with Crippen LogP contribution in [0, 0.1) is 17.5 Å². The number of alkyl halides is 3. The number of halogens is 6. The van der Waals surface area contributed by atoms with E-state index < -0.39 is 65.4 Å². The maximum Gasteiger partial charge on any atom is 0.421 e. The summed E-state index contributed by atoms with van der Waals surface area (Å²) in [7, 11) is 1.43. The summed E-state index contributed by atoms with van der Waals surface area (Å²) in [6.45, 7) is 5.18. The first-order valence-corrected chi connectivity index (χ1v) is 12.4. The average molecular weight is 581 g/mol. The van der Waals surface area contributed by atoms with E-state index in [9.17, 15) is 35.9 Å². The summed E-state index contributed by atoms with van der Waals surface area (Å²) in [5.41, 5.74) is -1.37. The number of carboxylic acids is 1. The molecule has 6 nitrogen and oxygen atoms in total. The van der Waals surface area contributed by atoms with E-state index in [1.54, 1.807) is 0 Å². The monoisotopic (exact) mass is 580 g/mol. The van der Waals surface area contributed by atoms with Crippen molar-refractivity contribution in [2.75, 3.05) is 11.9 Å². The van der Waals surface area contributed by atoms with Gasteiger partial charge in [0.25, 0.3) is 0 Å². The van der Waals surface area contributed by atoms with Crippen LogP contribution in [-0.4, -0.2) is 28.9 Å². The molecule has 1 N–H and O–H groups in total. The number of aliphatic carboxylic acids is 1. The molecule has 41 heavy (non-hydrogen) atoms. The highest BCUT2D eigenvalue weighted by atomic mass is 19.4. The number of carbonyl (C=O) groups excluding carboxylic acids is 1. The van der Waals surface area contributed by atoms with Crippen LogP contribution in [0.2, 0.25) is 0 Å². The van der Waals surface area contributed by atoms with Crippen molar-refractivity contribution in [1.82, 2.24) is 4.98 Å². The Bertz CT molecular complexity index is 1450. The Hall–Kier alpha value is -4.35. The summed E-state index contributed by atoms with van der Waals surface area (Å²) in [5, 5.41) is 8.82. The van der Waals surface area contributed by atoms with Crippen molar-refractivity contribution in [3.63, 3.8) is 0 Å². The maximum atomic E-state index is 14.3. The molecule has 218 valence electrons. The summed E-state index contributed by atoms with van der Waals surface area (Å²) in [4.78, 5) is 29.1. The van der Waals surface area contributed by atoms with Crippen molar-refractivity contribution in [1.29, 1.82) is 0 Å². The fourth-order valence-electron chi connectivity index (χ4n) is 4.02. The van der Waals surface area contributed by atoms with Crippen LogP contribution in [0.5, 0.6) is 11.6 Å². The first-order chi connectivity index (χ1) is 19.2. The second-order valence-electron chi connectivity index (χ2n) is 9.26. The lowest BCUT2D eigenvalue weighted by Crippen LogP contribution is -2.21. The van der Waals surface area contributed by atoms with Gasteiger partial charge in [-0.15, -0.1) is 0 Å². The summed E-state index contributed by atoms with van der Waals surface area (Å²) in [6.07, 6.45) is -3.51. The van der Waals surface area contributed by atoms with Crippen LogP contribution in [0.15, 0.2) is 54.7 Å². The number of ether oxygens (including phenoxy) is 1. The number of aryl methyl sites for hydroxylation is 1. The molecule has 0 fully saturated rings. The van der Waals surface area contributed by atoms with Crippen LogP contribution in [0.3, 0.4) is 0 Å². The van der Waals surface area contributed by atoms with E-state index in [1.807, 2.05) is 6.92 Å². The maximum absolute atomic E-state index is 14.3. The van der Waals surface area contributed by atoms with Gasteiger partial charge in [-0.2, -0.15) is 13.2 Å². The minimum atomic E-state index is -4.89. The van der Waals surface area contributed by atoms with Crippen molar-refractivity contribution in [2.45, 2.75) is 45.3 Å². The van der Waals surface area contributed by atoms with Crippen LogP contribution in [0.4, 0.5) is 32.0 Å². The van der Waals surface area contributed by atoms with Gasteiger partial charge in [0.2, 0.25) is 5.88 Å². The second-order valence-corrected chi connectivity index (χ2v) is 9.26. The number of Topliss-reactive ketones (excluding diaryl/α,β-unsaturated/α-hetero) is 1. The number of rotatable bonds is 12. The number of pyridine rings is 1. The molecule has 0 saturated heterocycles. The van der Waals surface area contributed by atoms with Gasteiger partial charge >= 0.3 is 12.1 Å². The number of aromatic nitrogens is 1. The highest BCUT2D eigenvalue weighted by Gasteiger charge is 2.36. The van der Waals surface area contributed by atoms with E-state index in [1.165, 1.54) is 30.1 Å². The molecule has 1 aromatic heterocycles. The minimum Gasteiger partial charge on any atom is -0.481 e. The summed E-state index contributed by atoms with van der Waals surface area (Å²) < 4.78 is 88.8. The number of carbonyl (C=O) groups is 2. The number of allylic oxidation sites excluding steroid dienone is 1. The van der Waals surface area contributed by atoms with E-state index in [0.717, 1.165) is 12.3 Å². The van der Waals surface area contributed by atoms with E-state index >= 15 is 0 Å². The van der Waals surface area contributed by atoms with Gasteiger partial charge in [-0.1, -0.05) is 19.9 Å². The lowest BCUT2D eigenvalue weighted by molar-refractivity contribution is -0.139. The zero-order valence-corrected chi connectivity index (χ0v) is 22.1. The summed E-state index contributed by atoms with van der Waals surface area (Å²) >= 11 is 0. The predicted molar refractivity (Wildman–Crippen MR) is 139 cm³/mol. The second kappa shape index (κ2) is 12.9. The SMILES string of the molecule is C=C(CCC)C(=O)c1cc(Oc2ncc(CCC(=O)O)cc2C(F)(F)F)ccc1N(C)Cc1c(F)cc(F)cc1F. The molecule has 1 heterocycles. The minimum absolute atomic E-state index is 0.0380. The Kier molecular flexibility index (Phi) is 9.79. The van der Waals surface area contributed by atoms with Gasteiger partial charge in [-0.05, 0) is 48.2 Å². The molecule has 12 heteroatoms. The van der Waals surface area contributed by atoms with E-state index in [0.29, 0.717) is 25.0 Å². The number of hydrogen-bond donors (Lipinski definition) is 1. The highest BCUT2D eigenvalue weighted by Crippen LogP contribution is 2.39. The van der Waals surface area contributed by atoms with Crippen molar-refractivity contribution in [2.24, 2.45) is 0 Å². The molecule has 0 saturated carbocycles. The largest absolute Gasteiger partial charge is 0.481 e. The van der Waals surface area contributed by atoms with Crippen LogP contribution in [0.25, 0.3) is 0 Å². The van der Waals surface area contributed by atoms with Crippen molar-refractivity contribution in [3.05, 3.63) is 94.5 Å². The van der Waals surface area contributed by atoms with Gasteiger partial charge < -0.3 is 14.7 Å². The smallest absolute Gasteiger partial charge is 0.421 e. The molecule has 0 aliphatic rings. The van der Waals surface area contributed by atoms with Gasteiger partial charge in [0, 0.05) is 55.2 Å². The Morgan fingerprint density at radius 1 is 1.05 bits per heavy atom. The number of anilines is 1. The molecule has 0 aliphatic heterocycles. The zero-order valence-electron chi connectivity index (χ0n) is 22.1. The Balaban J connectivity index is 2.03. The molecule has 0 amide bonds. The Morgan fingerprint density at radius 3 is 2.29 bits per heavy atom. The summed E-state index contributed by atoms with van der Waals surface area (Å²) in [6, 6.07) is 5.55. The van der Waals surface area contributed by atoms with Crippen LogP contribution < -0.4 is 9.64 Å². The van der Waals surface area contributed by atoms with E-state index in [-0.39, 0.29) is 34.6 Å². The molecule has 0 radical (unpaired) electrons. The van der Waals surface area contributed by atoms with Crippen LogP contribution in [0.1, 0.15) is 53.2 Å². The van der Waals surface area contributed by atoms with Gasteiger partial charge in [-0.3, -0.25) is 9.59 Å². The first-order valence-electron chi connectivity index (χ1n) is 12.4. The molecule has 0 bridgehead atoms. The lowest BCUT2D eigenvalue weighted by atomic mass is 9.98. The Labute approximate surface area is 231 Å². The molecule has 0 aliphatic carbocycles. The summed E-state index contributed by atoms with van der Waals surface area (Å²) in [5.74, 6) is -6.11. The number of ketones is 1. The zero-order chi connectivity index (χ0) is 30.5. The molecule has 0 atom stereocenters. The van der Waals surface area contributed by atoms with E-state index in [4.69, 9.17) is 9.84 Å². The topological polar surface area (TPSA) is 79.7 Å². The third-order valence-electron chi connectivity index (χ3n) is 6.05. The quantitative estimate of drug-likeness (QED) is 0.136. The van der Waals surface area contributed by atoms with Crippen molar-refractivity contribution >= 4 is 17.4 Å². The molecular formula is C29H26F6N2O4.